The van der Waals surface area contributed by atoms with Gasteiger partial charge in [-0.05, 0) is 12.1 Å². The van der Waals surface area contributed by atoms with Crippen LogP contribution in [0.3, 0.4) is 0 Å². The number of hydrogen-bond donors (Lipinski definition) is 2. The van der Waals surface area contributed by atoms with Crippen molar-refractivity contribution in [3.8, 4) is 17.1 Å². The number of nitrogens with two attached hydrogens (primary N) is 1. The van der Waals surface area contributed by atoms with Gasteiger partial charge < -0.3 is 10.9 Å². The number of hydrogen-bond acceptors (Lipinski definition) is 4. The lowest BCUT2D eigenvalue weighted by Gasteiger charge is -2.01. The van der Waals surface area contributed by atoms with E-state index in [0.29, 0.717) is 11.4 Å². The van der Waals surface area contributed by atoms with E-state index in [9.17, 15) is 5.11 Å². The zero-order valence-corrected chi connectivity index (χ0v) is 6.75. The molecule has 0 fully saturated rings. The van der Waals surface area contributed by atoms with Crippen LogP contribution in [0.5, 0.6) is 5.75 Å². The monoisotopic (exact) mass is 176 g/mol. The molecule has 3 N–H and O–H groups in total. The quantitative estimate of drug-likeness (QED) is 0.615. The molecule has 0 radical (unpaired) electrons. The first-order valence-corrected chi connectivity index (χ1v) is 3.72. The first-order chi connectivity index (χ1) is 6.29. The Hall–Kier alpha value is -2.04. The molecule has 0 spiro atoms. The maximum absolute atomic E-state index is 9.47. The summed E-state index contributed by atoms with van der Waals surface area (Å²) < 4.78 is 1.26. The van der Waals surface area contributed by atoms with Crippen LogP contribution in [-0.4, -0.2) is 20.0 Å². The van der Waals surface area contributed by atoms with Gasteiger partial charge in [0.1, 0.15) is 12.1 Å². The third-order valence-corrected chi connectivity index (χ3v) is 1.72. The molecule has 1 heterocycles. The molecule has 0 aliphatic heterocycles. The van der Waals surface area contributed by atoms with E-state index in [1.807, 2.05) is 0 Å². The molecule has 13 heavy (non-hydrogen) atoms. The van der Waals surface area contributed by atoms with E-state index in [1.54, 1.807) is 24.3 Å². The second-order valence-corrected chi connectivity index (χ2v) is 2.58. The van der Waals surface area contributed by atoms with Gasteiger partial charge in [-0.3, -0.25) is 0 Å². The average Bonchev–Trinajstić information content (AvgIpc) is 2.52. The third kappa shape index (κ3) is 1.20. The summed E-state index contributed by atoms with van der Waals surface area (Å²) in [6.45, 7) is 0. The van der Waals surface area contributed by atoms with Crippen LogP contribution in [0.1, 0.15) is 0 Å². The number of nitrogen functional groups attached to an aromatic ring is 1. The van der Waals surface area contributed by atoms with Crippen LogP contribution in [0.2, 0.25) is 0 Å². The zero-order valence-electron chi connectivity index (χ0n) is 6.75. The van der Waals surface area contributed by atoms with E-state index in [-0.39, 0.29) is 5.75 Å². The summed E-state index contributed by atoms with van der Waals surface area (Å²) in [5, 5.41) is 16.9. The largest absolute Gasteiger partial charge is 0.507 e. The van der Waals surface area contributed by atoms with Crippen molar-refractivity contribution in [2.75, 3.05) is 5.84 Å². The van der Waals surface area contributed by atoms with Gasteiger partial charge in [0, 0.05) is 0 Å². The summed E-state index contributed by atoms with van der Waals surface area (Å²) in [5.74, 6) is 6.11. The van der Waals surface area contributed by atoms with E-state index >= 15 is 0 Å². The Morgan fingerprint density at radius 2 is 2.08 bits per heavy atom. The van der Waals surface area contributed by atoms with Crippen molar-refractivity contribution >= 4 is 0 Å². The Kier molecular flexibility index (Phi) is 1.63. The second-order valence-electron chi connectivity index (χ2n) is 2.58. The van der Waals surface area contributed by atoms with E-state index in [2.05, 4.69) is 10.2 Å². The highest BCUT2D eigenvalue weighted by Gasteiger charge is 2.08. The molecule has 2 aromatic rings. The van der Waals surface area contributed by atoms with Crippen molar-refractivity contribution in [1.82, 2.24) is 14.9 Å². The number of para-hydroxylation sites is 1. The Balaban J connectivity index is 2.59. The fraction of sp³-hybridized carbons (Fsp3) is 0. The first kappa shape index (κ1) is 7.60. The Bertz CT molecular complexity index is 424. The minimum absolute atomic E-state index is 0.141. The molecular weight excluding hydrogens is 168 g/mol. The second kappa shape index (κ2) is 2.78. The minimum Gasteiger partial charge on any atom is -0.507 e. The number of phenolic OH excluding ortho intramolecular Hbond substituents is 1. The van der Waals surface area contributed by atoms with Crippen molar-refractivity contribution in [3.05, 3.63) is 30.6 Å². The van der Waals surface area contributed by atoms with Crippen LogP contribution in [-0.2, 0) is 0 Å². The molecule has 0 atom stereocenters. The standard InChI is InChI=1S/C8H8N4O/c9-12-5-10-11-8(12)6-3-1-2-4-7(6)13/h1-5,13H,9H2. The fourth-order valence-corrected chi connectivity index (χ4v) is 1.10. The molecule has 66 valence electrons. The number of phenols is 1. The molecule has 1 aromatic carbocycles. The molecule has 0 aliphatic carbocycles. The van der Waals surface area contributed by atoms with Gasteiger partial charge in [-0.15, -0.1) is 10.2 Å². The Morgan fingerprint density at radius 3 is 2.69 bits per heavy atom. The van der Waals surface area contributed by atoms with E-state index in [0.717, 1.165) is 0 Å². The smallest absolute Gasteiger partial charge is 0.185 e. The highest BCUT2D eigenvalue weighted by atomic mass is 16.3. The molecule has 2 rings (SSSR count). The highest BCUT2D eigenvalue weighted by Crippen LogP contribution is 2.25. The van der Waals surface area contributed by atoms with E-state index in [4.69, 9.17) is 5.84 Å². The fourth-order valence-electron chi connectivity index (χ4n) is 1.10. The third-order valence-electron chi connectivity index (χ3n) is 1.72. The van der Waals surface area contributed by atoms with Gasteiger partial charge in [0.25, 0.3) is 0 Å². The molecule has 0 amide bonds. The molecule has 0 saturated heterocycles. The van der Waals surface area contributed by atoms with Crippen LogP contribution < -0.4 is 5.84 Å². The summed E-state index contributed by atoms with van der Waals surface area (Å²) >= 11 is 0. The number of rotatable bonds is 1. The van der Waals surface area contributed by atoms with Gasteiger partial charge in [-0.1, -0.05) is 12.1 Å². The van der Waals surface area contributed by atoms with Crippen LogP contribution in [0.25, 0.3) is 11.4 Å². The van der Waals surface area contributed by atoms with Crippen molar-refractivity contribution in [3.63, 3.8) is 0 Å². The Labute approximate surface area is 74.4 Å². The lowest BCUT2D eigenvalue weighted by molar-refractivity contribution is 0.476. The first-order valence-electron chi connectivity index (χ1n) is 3.72. The van der Waals surface area contributed by atoms with Crippen LogP contribution >= 0.6 is 0 Å². The predicted molar refractivity (Wildman–Crippen MR) is 47.3 cm³/mol. The predicted octanol–water partition coefficient (Wildman–Crippen LogP) is 0.364. The van der Waals surface area contributed by atoms with Gasteiger partial charge in [0.15, 0.2) is 5.82 Å². The molecule has 0 aliphatic rings. The lowest BCUT2D eigenvalue weighted by Crippen LogP contribution is -2.08. The van der Waals surface area contributed by atoms with Crippen molar-refractivity contribution in [2.24, 2.45) is 0 Å². The molecule has 5 heteroatoms. The maximum atomic E-state index is 9.47. The van der Waals surface area contributed by atoms with Gasteiger partial charge in [-0.2, -0.15) is 0 Å². The number of aromatic nitrogens is 3. The van der Waals surface area contributed by atoms with Crippen molar-refractivity contribution in [1.29, 1.82) is 0 Å². The average molecular weight is 176 g/mol. The number of nitrogens with zero attached hydrogens (tertiary/aromatic N) is 3. The number of aromatic hydroxyl groups is 1. The summed E-state index contributed by atoms with van der Waals surface area (Å²) in [6.07, 6.45) is 1.38. The molecule has 0 bridgehead atoms. The topological polar surface area (TPSA) is 77.0 Å². The van der Waals surface area contributed by atoms with Gasteiger partial charge in [-0.25, -0.2) is 4.68 Å². The minimum atomic E-state index is 0.141. The molecule has 0 unspecified atom stereocenters. The van der Waals surface area contributed by atoms with Gasteiger partial charge in [0.05, 0.1) is 5.56 Å². The van der Waals surface area contributed by atoms with Gasteiger partial charge >= 0.3 is 0 Å². The van der Waals surface area contributed by atoms with Crippen LogP contribution in [0.4, 0.5) is 0 Å². The summed E-state index contributed by atoms with van der Waals surface area (Å²) in [6, 6.07) is 6.83. The van der Waals surface area contributed by atoms with Crippen LogP contribution in [0, 0.1) is 0 Å². The molecule has 0 saturated carbocycles. The molecule has 1 aromatic heterocycles. The Morgan fingerprint density at radius 1 is 1.31 bits per heavy atom. The van der Waals surface area contributed by atoms with Crippen molar-refractivity contribution < 1.29 is 5.11 Å². The van der Waals surface area contributed by atoms with Gasteiger partial charge in [0.2, 0.25) is 0 Å². The van der Waals surface area contributed by atoms with E-state index < -0.39 is 0 Å². The summed E-state index contributed by atoms with van der Waals surface area (Å²) in [4.78, 5) is 0. The SMILES string of the molecule is Nn1cnnc1-c1ccccc1O. The maximum Gasteiger partial charge on any atom is 0.185 e. The lowest BCUT2D eigenvalue weighted by atomic mass is 10.2. The summed E-state index contributed by atoms with van der Waals surface area (Å²) in [7, 11) is 0. The number of benzene rings is 1. The molecular formula is C8H8N4O. The summed E-state index contributed by atoms with van der Waals surface area (Å²) in [5.41, 5.74) is 0.572. The van der Waals surface area contributed by atoms with E-state index in [1.165, 1.54) is 11.0 Å². The molecule has 5 nitrogen and oxygen atoms in total. The highest BCUT2D eigenvalue weighted by molar-refractivity contribution is 5.63. The van der Waals surface area contributed by atoms with Crippen molar-refractivity contribution in [2.45, 2.75) is 0 Å². The zero-order chi connectivity index (χ0) is 9.26. The van der Waals surface area contributed by atoms with Crippen LogP contribution in [0.15, 0.2) is 30.6 Å². The normalized spacial score (nSPS) is 10.2.